The predicted octanol–water partition coefficient (Wildman–Crippen LogP) is 3.59. The summed E-state index contributed by atoms with van der Waals surface area (Å²) >= 11 is 5.87. The standard InChI is InChI=1S/C20H16ClN5O3/c21-13-6-4-12(5-7-13)19-25-18(29-26-19)3-1-2-17(27)24-14-8-9-16-15(10-14)20(28)23-11-22-16/h4-11H,1-3H2,(H,24,27)(H,22,23,28). The zero-order valence-electron chi connectivity index (χ0n) is 15.2. The van der Waals surface area contributed by atoms with Gasteiger partial charge in [-0.1, -0.05) is 16.8 Å². The van der Waals surface area contributed by atoms with Crippen molar-refractivity contribution in [3.63, 3.8) is 0 Å². The molecule has 4 rings (SSSR count). The van der Waals surface area contributed by atoms with Gasteiger partial charge in [-0.2, -0.15) is 4.98 Å². The minimum atomic E-state index is -0.251. The number of H-pyrrole nitrogens is 1. The average Bonchev–Trinajstić information content (AvgIpc) is 3.18. The van der Waals surface area contributed by atoms with Crippen molar-refractivity contribution >= 4 is 34.1 Å². The molecule has 0 aliphatic heterocycles. The van der Waals surface area contributed by atoms with E-state index in [-0.39, 0.29) is 17.9 Å². The largest absolute Gasteiger partial charge is 0.339 e. The Bertz CT molecular complexity index is 1220. The van der Waals surface area contributed by atoms with Gasteiger partial charge in [0.2, 0.25) is 17.6 Å². The fraction of sp³-hybridized carbons (Fsp3) is 0.150. The lowest BCUT2D eigenvalue weighted by atomic mass is 10.2. The maximum absolute atomic E-state index is 12.2. The van der Waals surface area contributed by atoms with Gasteiger partial charge in [0.15, 0.2) is 0 Å². The van der Waals surface area contributed by atoms with Crippen molar-refractivity contribution in [2.45, 2.75) is 19.3 Å². The van der Waals surface area contributed by atoms with Gasteiger partial charge in [-0.05, 0) is 48.9 Å². The number of halogens is 1. The van der Waals surface area contributed by atoms with Crippen LogP contribution in [0, 0.1) is 0 Å². The minimum Gasteiger partial charge on any atom is -0.339 e. The first-order valence-corrected chi connectivity index (χ1v) is 9.32. The molecule has 2 heterocycles. The summed E-state index contributed by atoms with van der Waals surface area (Å²) in [5, 5.41) is 7.79. The molecule has 8 nitrogen and oxygen atoms in total. The number of fused-ring (bicyclic) bond motifs is 1. The molecule has 0 aliphatic carbocycles. The highest BCUT2D eigenvalue weighted by Crippen LogP contribution is 2.19. The number of carbonyl (C=O) groups is 1. The molecule has 0 fully saturated rings. The molecule has 2 N–H and O–H groups in total. The summed E-state index contributed by atoms with van der Waals surface area (Å²) in [4.78, 5) is 34.9. The fourth-order valence-electron chi connectivity index (χ4n) is 2.84. The van der Waals surface area contributed by atoms with E-state index >= 15 is 0 Å². The van der Waals surface area contributed by atoms with Crippen molar-refractivity contribution in [1.29, 1.82) is 0 Å². The molecule has 0 atom stereocenters. The second-order valence-electron chi connectivity index (χ2n) is 6.38. The van der Waals surface area contributed by atoms with Gasteiger partial charge in [-0.15, -0.1) is 0 Å². The molecule has 1 amide bonds. The molecule has 0 bridgehead atoms. The topological polar surface area (TPSA) is 114 Å². The van der Waals surface area contributed by atoms with Crippen molar-refractivity contribution in [2.24, 2.45) is 0 Å². The average molecular weight is 410 g/mol. The van der Waals surface area contributed by atoms with Crippen LogP contribution in [0.15, 0.2) is 58.1 Å². The van der Waals surface area contributed by atoms with E-state index in [1.807, 2.05) is 12.1 Å². The fourth-order valence-corrected chi connectivity index (χ4v) is 2.97. The van der Waals surface area contributed by atoms with Crippen LogP contribution in [0.1, 0.15) is 18.7 Å². The molecule has 0 unspecified atom stereocenters. The molecular formula is C20H16ClN5O3. The van der Waals surface area contributed by atoms with Gasteiger partial charge in [0, 0.05) is 29.1 Å². The first kappa shape index (κ1) is 18.8. The number of aromatic nitrogens is 4. The molecule has 0 saturated carbocycles. The zero-order valence-corrected chi connectivity index (χ0v) is 15.9. The van der Waals surface area contributed by atoms with Crippen LogP contribution in [-0.2, 0) is 11.2 Å². The maximum Gasteiger partial charge on any atom is 0.258 e. The van der Waals surface area contributed by atoms with Crippen LogP contribution in [0.5, 0.6) is 0 Å². The molecule has 2 aromatic heterocycles. The molecule has 0 saturated heterocycles. The van der Waals surface area contributed by atoms with Crippen LogP contribution in [0.4, 0.5) is 5.69 Å². The number of hydrogen-bond acceptors (Lipinski definition) is 6. The Labute approximate surface area is 169 Å². The number of amides is 1. The van der Waals surface area contributed by atoms with Crippen molar-refractivity contribution in [1.82, 2.24) is 20.1 Å². The summed E-state index contributed by atoms with van der Waals surface area (Å²) in [6.07, 6.45) is 2.65. The van der Waals surface area contributed by atoms with Crippen molar-refractivity contribution < 1.29 is 9.32 Å². The molecule has 0 aliphatic rings. The van der Waals surface area contributed by atoms with Gasteiger partial charge in [0.25, 0.3) is 5.56 Å². The number of hydrogen-bond donors (Lipinski definition) is 2. The smallest absolute Gasteiger partial charge is 0.258 e. The van der Waals surface area contributed by atoms with Gasteiger partial charge in [0.1, 0.15) is 0 Å². The molecule has 0 radical (unpaired) electrons. The van der Waals surface area contributed by atoms with E-state index in [2.05, 4.69) is 25.4 Å². The molecule has 9 heteroatoms. The summed E-state index contributed by atoms with van der Waals surface area (Å²) in [5.41, 5.74) is 1.67. The SMILES string of the molecule is O=C(CCCc1nc(-c2ccc(Cl)cc2)no1)Nc1ccc2nc[nH]c(=O)c2c1. The summed E-state index contributed by atoms with van der Waals surface area (Å²) in [6, 6.07) is 12.2. The number of nitrogens with zero attached hydrogens (tertiary/aromatic N) is 3. The van der Waals surface area contributed by atoms with Crippen LogP contribution in [-0.4, -0.2) is 26.0 Å². The highest BCUT2D eigenvalue weighted by Gasteiger charge is 2.10. The zero-order chi connectivity index (χ0) is 20.2. The quantitative estimate of drug-likeness (QED) is 0.503. The number of nitrogens with one attached hydrogen (secondary N) is 2. The Balaban J connectivity index is 1.32. The third-order valence-corrected chi connectivity index (χ3v) is 4.54. The van der Waals surface area contributed by atoms with Gasteiger partial charge in [-0.25, -0.2) is 4.98 Å². The second kappa shape index (κ2) is 8.24. The van der Waals surface area contributed by atoms with E-state index in [4.69, 9.17) is 16.1 Å². The number of anilines is 1. The van der Waals surface area contributed by atoms with E-state index in [9.17, 15) is 9.59 Å². The Hall–Kier alpha value is -3.52. The number of carbonyl (C=O) groups excluding carboxylic acids is 1. The highest BCUT2D eigenvalue weighted by atomic mass is 35.5. The number of benzene rings is 2. The van der Waals surface area contributed by atoms with Gasteiger partial charge < -0.3 is 14.8 Å². The Kier molecular flexibility index (Phi) is 5.35. The van der Waals surface area contributed by atoms with Crippen LogP contribution in [0.3, 0.4) is 0 Å². The third kappa shape index (κ3) is 4.49. The second-order valence-corrected chi connectivity index (χ2v) is 6.82. The van der Waals surface area contributed by atoms with E-state index in [0.29, 0.717) is 46.2 Å². The van der Waals surface area contributed by atoms with E-state index in [1.165, 1.54) is 6.33 Å². The first-order chi connectivity index (χ1) is 14.1. The Morgan fingerprint density at radius 1 is 1.17 bits per heavy atom. The third-order valence-electron chi connectivity index (χ3n) is 4.29. The summed E-state index contributed by atoms with van der Waals surface area (Å²) in [6.45, 7) is 0. The van der Waals surface area contributed by atoms with Crippen LogP contribution in [0.2, 0.25) is 5.02 Å². The first-order valence-electron chi connectivity index (χ1n) is 8.94. The van der Waals surface area contributed by atoms with Gasteiger partial charge in [-0.3, -0.25) is 9.59 Å². The summed E-state index contributed by atoms with van der Waals surface area (Å²) in [5.74, 6) is 0.782. The lowest BCUT2D eigenvalue weighted by molar-refractivity contribution is -0.116. The van der Waals surface area contributed by atoms with Crippen LogP contribution >= 0.6 is 11.6 Å². The lowest BCUT2D eigenvalue weighted by Crippen LogP contribution is -2.12. The van der Waals surface area contributed by atoms with Gasteiger partial charge in [0.05, 0.1) is 17.2 Å². The molecular weight excluding hydrogens is 394 g/mol. The van der Waals surface area contributed by atoms with Crippen molar-refractivity contribution in [2.75, 3.05) is 5.32 Å². The molecule has 2 aromatic carbocycles. The minimum absolute atomic E-state index is 0.165. The molecule has 146 valence electrons. The molecule has 4 aromatic rings. The molecule has 0 spiro atoms. The Morgan fingerprint density at radius 2 is 2.00 bits per heavy atom. The summed E-state index contributed by atoms with van der Waals surface area (Å²) in [7, 11) is 0. The normalized spacial score (nSPS) is 10.9. The van der Waals surface area contributed by atoms with Crippen molar-refractivity contribution in [3.8, 4) is 11.4 Å². The van der Waals surface area contributed by atoms with Gasteiger partial charge >= 0.3 is 0 Å². The number of aromatic amines is 1. The monoisotopic (exact) mass is 409 g/mol. The highest BCUT2D eigenvalue weighted by molar-refractivity contribution is 6.30. The Morgan fingerprint density at radius 3 is 2.83 bits per heavy atom. The van der Waals surface area contributed by atoms with E-state index in [1.54, 1.807) is 30.3 Å². The predicted molar refractivity (Wildman–Crippen MR) is 109 cm³/mol. The maximum atomic E-state index is 12.2. The summed E-state index contributed by atoms with van der Waals surface area (Å²) < 4.78 is 5.24. The van der Waals surface area contributed by atoms with Crippen LogP contribution in [0.25, 0.3) is 22.3 Å². The molecule has 29 heavy (non-hydrogen) atoms. The lowest BCUT2D eigenvalue weighted by Gasteiger charge is -2.05. The van der Waals surface area contributed by atoms with E-state index in [0.717, 1.165) is 5.56 Å². The number of rotatable bonds is 6. The number of aryl methyl sites for hydroxylation is 1. The van der Waals surface area contributed by atoms with Crippen LogP contribution < -0.4 is 10.9 Å². The van der Waals surface area contributed by atoms with Crippen molar-refractivity contribution in [3.05, 3.63) is 70.1 Å². The van der Waals surface area contributed by atoms with E-state index < -0.39 is 0 Å².